The van der Waals surface area contributed by atoms with E-state index in [4.69, 9.17) is 9.47 Å². The largest absolute Gasteiger partial charge is 0.460 e. The molecule has 0 fully saturated rings. The van der Waals surface area contributed by atoms with Gasteiger partial charge in [-0.15, -0.1) is 6.58 Å². The van der Waals surface area contributed by atoms with Gasteiger partial charge in [0.15, 0.2) is 0 Å². The first-order valence-corrected chi connectivity index (χ1v) is 5.41. The number of allylic oxidation sites excluding steroid dienone is 1. The lowest BCUT2D eigenvalue weighted by Gasteiger charge is -2.10. The van der Waals surface area contributed by atoms with E-state index in [2.05, 4.69) is 13.2 Å². The van der Waals surface area contributed by atoms with Crippen LogP contribution < -0.4 is 4.74 Å². The molecule has 0 radical (unpaired) electrons. The first kappa shape index (κ1) is 13.0. The summed E-state index contributed by atoms with van der Waals surface area (Å²) in [6.07, 6.45) is 2.45. The van der Waals surface area contributed by atoms with Crippen LogP contribution in [0.1, 0.15) is 12.5 Å². The predicted octanol–water partition coefficient (Wildman–Crippen LogP) is 2.87. The third kappa shape index (κ3) is 3.79. The zero-order valence-corrected chi connectivity index (χ0v) is 9.94. The second kappa shape index (κ2) is 6.53. The summed E-state index contributed by atoms with van der Waals surface area (Å²) in [5.41, 5.74) is 0.952. The molecule has 0 aromatic heterocycles. The fourth-order valence-electron chi connectivity index (χ4n) is 1.31. The van der Waals surface area contributed by atoms with Crippen molar-refractivity contribution in [1.29, 1.82) is 0 Å². The number of para-hydroxylation sites is 1. The zero-order valence-electron chi connectivity index (χ0n) is 9.94. The highest BCUT2D eigenvalue weighted by atomic mass is 16.6. The molecule has 0 heterocycles. The molecule has 17 heavy (non-hydrogen) atoms. The van der Waals surface area contributed by atoms with Crippen LogP contribution in [0.2, 0.25) is 0 Å². The summed E-state index contributed by atoms with van der Waals surface area (Å²) < 4.78 is 10.2. The second-order valence-corrected chi connectivity index (χ2v) is 3.35. The van der Waals surface area contributed by atoms with Crippen LogP contribution in [0.25, 0.3) is 0 Å². The Balaban J connectivity index is 2.77. The lowest BCUT2D eigenvalue weighted by Crippen LogP contribution is -2.12. The molecule has 0 aliphatic rings. The number of rotatable bonds is 6. The molecular weight excluding hydrogens is 216 g/mol. The van der Waals surface area contributed by atoms with Gasteiger partial charge in [0.2, 0.25) is 5.76 Å². The van der Waals surface area contributed by atoms with Crippen LogP contribution in [0.4, 0.5) is 0 Å². The Bertz CT molecular complexity index is 421. The van der Waals surface area contributed by atoms with Crippen LogP contribution in [0.5, 0.6) is 5.75 Å². The van der Waals surface area contributed by atoms with Crippen molar-refractivity contribution in [2.45, 2.75) is 13.3 Å². The Hall–Kier alpha value is -2.03. The first-order valence-electron chi connectivity index (χ1n) is 5.41. The summed E-state index contributed by atoms with van der Waals surface area (Å²) in [5.74, 6) is 0.0507. The highest BCUT2D eigenvalue weighted by Crippen LogP contribution is 2.21. The van der Waals surface area contributed by atoms with E-state index in [0.717, 1.165) is 5.56 Å². The Morgan fingerprint density at radius 3 is 2.76 bits per heavy atom. The maximum atomic E-state index is 11.3. The predicted molar refractivity (Wildman–Crippen MR) is 66.7 cm³/mol. The van der Waals surface area contributed by atoms with Gasteiger partial charge < -0.3 is 9.47 Å². The standard InChI is InChI=1S/C14H16O3/c1-4-8-12-9-6-7-10-13(12)17-11(3)14(15)16-5-2/h4,6-7,9-10H,1,3,5,8H2,2H3. The van der Waals surface area contributed by atoms with Gasteiger partial charge in [-0.1, -0.05) is 24.3 Å². The monoisotopic (exact) mass is 232 g/mol. The van der Waals surface area contributed by atoms with Gasteiger partial charge in [-0.3, -0.25) is 0 Å². The van der Waals surface area contributed by atoms with Crippen LogP contribution in [0.15, 0.2) is 49.3 Å². The molecule has 0 aliphatic heterocycles. The van der Waals surface area contributed by atoms with Crippen LogP contribution in [-0.4, -0.2) is 12.6 Å². The maximum Gasteiger partial charge on any atom is 0.373 e. The van der Waals surface area contributed by atoms with Crippen molar-refractivity contribution in [3.05, 3.63) is 54.8 Å². The molecule has 0 saturated heterocycles. The topological polar surface area (TPSA) is 35.5 Å². The van der Waals surface area contributed by atoms with Crippen molar-refractivity contribution in [3.8, 4) is 5.75 Å². The molecule has 1 aromatic rings. The molecule has 3 heteroatoms. The van der Waals surface area contributed by atoms with Crippen LogP contribution in [-0.2, 0) is 16.0 Å². The van der Waals surface area contributed by atoms with Gasteiger partial charge in [0.1, 0.15) is 5.75 Å². The molecule has 0 saturated carbocycles. The average molecular weight is 232 g/mol. The minimum Gasteiger partial charge on any atom is -0.460 e. The fourth-order valence-corrected chi connectivity index (χ4v) is 1.31. The third-order valence-corrected chi connectivity index (χ3v) is 2.07. The highest BCUT2D eigenvalue weighted by molar-refractivity contribution is 5.86. The smallest absolute Gasteiger partial charge is 0.373 e. The second-order valence-electron chi connectivity index (χ2n) is 3.35. The molecular formula is C14H16O3. The molecule has 0 atom stereocenters. The first-order chi connectivity index (χ1) is 8.19. The number of carbonyl (C=O) groups excluding carboxylic acids is 1. The lowest BCUT2D eigenvalue weighted by molar-refractivity contribution is -0.140. The van der Waals surface area contributed by atoms with E-state index >= 15 is 0 Å². The molecule has 3 nitrogen and oxygen atoms in total. The molecule has 0 aliphatic carbocycles. The minimum atomic E-state index is -0.541. The van der Waals surface area contributed by atoms with Crippen molar-refractivity contribution < 1.29 is 14.3 Å². The summed E-state index contributed by atoms with van der Waals surface area (Å²) in [5, 5.41) is 0. The van der Waals surface area contributed by atoms with Crippen LogP contribution in [0.3, 0.4) is 0 Å². The Kier molecular flexibility index (Phi) is 5.01. The Morgan fingerprint density at radius 2 is 2.12 bits per heavy atom. The molecule has 1 aromatic carbocycles. The van der Waals surface area contributed by atoms with E-state index in [-0.39, 0.29) is 5.76 Å². The lowest BCUT2D eigenvalue weighted by atomic mass is 10.1. The van der Waals surface area contributed by atoms with Crippen molar-refractivity contribution in [3.63, 3.8) is 0 Å². The molecule has 0 bridgehead atoms. The zero-order chi connectivity index (χ0) is 12.7. The quantitative estimate of drug-likeness (QED) is 0.327. The number of carbonyl (C=O) groups is 1. The van der Waals surface area contributed by atoms with E-state index in [1.165, 1.54) is 0 Å². The third-order valence-electron chi connectivity index (χ3n) is 2.07. The van der Waals surface area contributed by atoms with E-state index in [9.17, 15) is 4.79 Å². The van der Waals surface area contributed by atoms with E-state index in [1.54, 1.807) is 19.1 Å². The minimum absolute atomic E-state index is 0.0108. The van der Waals surface area contributed by atoms with Crippen molar-refractivity contribution in [1.82, 2.24) is 0 Å². The Morgan fingerprint density at radius 1 is 1.41 bits per heavy atom. The molecule has 0 N–H and O–H groups in total. The van der Waals surface area contributed by atoms with Crippen molar-refractivity contribution in [2.24, 2.45) is 0 Å². The van der Waals surface area contributed by atoms with Crippen LogP contribution >= 0.6 is 0 Å². The number of benzene rings is 1. The van der Waals surface area contributed by atoms with E-state index < -0.39 is 5.97 Å². The maximum absolute atomic E-state index is 11.3. The summed E-state index contributed by atoms with van der Waals surface area (Å²) in [4.78, 5) is 11.3. The van der Waals surface area contributed by atoms with E-state index in [0.29, 0.717) is 18.8 Å². The molecule has 0 spiro atoms. The molecule has 0 amide bonds. The average Bonchev–Trinajstić information content (AvgIpc) is 2.32. The van der Waals surface area contributed by atoms with Gasteiger partial charge in [0.25, 0.3) is 0 Å². The number of ether oxygens (including phenoxy) is 2. The van der Waals surface area contributed by atoms with Gasteiger partial charge >= 0.3 is 5.97 Å². The van der Waals surface area contributed by atoms with Crippen LogP contribution in [0, 0.1) is 0 Å². The van der Waals surface area contributed by atoms with Gasteiger partial charge in [0, 0.05) is 0 Å². The van der Waals surface area contributed by atoms with Gasteiger partial charge in [-0.2, -0.15) is 0 Å². The SMILES string of the molecule is C=CCc1ccccc1OC(=C)C(=O)OCC. The normalized spacial score (nSPS) is 9.47. The van der Waals surface area contributed by atoms with E-state index in [1.807, 2.05) is 18.2 Å². The van der Waals surface area contributed by atoms with Crippen molar-refractivity contribution >= 4 is 5.97 Å². The molecule has 1 rings (SSSR count). The van der Waals surface area contributed by atoms with Gasteiger partial charge in [-0.25, -0.2) is 4.79 Å². The molecule has 90 valence electrons. The van der Waals surface area contributed by atoms with Gasteiger partial charge in [0.05, 0.1) is 6.61 Å². The summed E-state index contributed by atoms with van der Waals surface area (Å²) in [6, 6.07) is 7.43. The summed E-state index contributed by atoms with van der Waals surface area (Å²) >= 11 is 0. The molecule has 0 unspecified atom stereocenters. The summed E-state index contributed by atoms with van der Waals surface area (Å²) in [6.45, 7) is 9.25. The number of hydrogen-bond acceptors (Lipinski definition) is 3. The number of esters is 1. The Labute approximate surface area is 101 Å². The fraction of sp³-hybridized carbons (Fsp3) is 0.214. The highest BCUT2D eigenvalue weighted by Gasteiger charge is 2.11. The van der Waals surface area contributed by atoms with Gasteiger partial charge in [-0.05, 0) is 31.6 Å². The van der Waals surface area contributed by atoms with Crippen molar-refractivity contribution in [2.75, 3.05) is 6.61 Å². The summed E-state index contributed by atoms with van der Waals surface area (Å²) in [7, 11) is 0. The number of hydrogen-bond donors (Lipinski definition) is 0.